The first kappa shape index (κ1) is 34.2. The van der Waals surface area contributed by atoms with Crippen LogP contribution in [0.15, 0.2) is 73.1 Å². The predicted octanol–water partition coefficient (Wildman–Crippen LogP) is 5.41. The van der Waals surface area contributed by atoms with Crippen LogP contribution in [-0.2, 0) is 16.0 Å². The highest BCUT2D eigenvalue weighted by Gasteiger charge is 2.19. The topological polar surface area (TPSA) is 128 Å². The fraction of sp³-hybridized carbons (Fsp3) is 0.281. The number of aldehydes is 1. The number of carbonyl (C=O) groups is 3. The summed E-state index contributed by atoms with van der Waals surface area (Å²) in [6.45, 7) is 10.7. The second-order valence-electron chi connectivity index (χ2n) is 8.21. The molecule has 0 fully saturated rings. The molecule has 218 valence electrons. The zero-order valence-corrected chi connectivity index (χ0v) is 24.8. The van der Waals surface area contributed by atoms with E-state index in [1.165, 1.54) is 17.9 Å². The fourth-order valence-electron chi connectivity index (χ4n) is 3.81. The van der Waals surface area contributed by atoms with Gasteiger partial charge >= 0.3 is 0 Å². The molecule has 2 amide bonds. The van der Waals surface area contributed by atoms with Crippen molar-refractivity contribution in [1.29, 1.82) is 0 Å². The minimum absolute atomic E-state index is 0.181. The highest BCUT2D eigenvalue weighted by Crippen LogP contribution is 2.26. The Balaban J connectivity index is 0.000000949. The average molecular weight is 560 g/mol. The molecule has 41 heavy (non-hydrogen) atoms. The number of amides is 2. The molecule has 0 saturated carbocycles. The summed E-state index contributed by atoms with van der Waals surface area (Å²) >= 11 is 0. The number of aromatic nitrogens is 2. The van der Waals surface area contributed by atoms with Crippen molar-refractivity contribution in [2.24, 2.45) is 5.73 Å². The number of rotatable bonds is 8. The summed E-state index contributed by atoms with van der Waals surface area (Å²) in [5.74, 6) is 1.99. The lowest BCUT2D eigenvalue weighted by molar-refractivity contribution is -0.107. The van der Waals surface area contributed by atoms with Crippen LogP contribution in [0.25, 0.3) is 10.8 Å². The van der Waals surface area contributed by atoms with Crippen LogP contribution in [0.3, 0.4) is 0 Å². The summed E-state index contributed by atoms with van der Waals surface area (Å²) in [4.78, 5) is 41.0. The Morgan fingerprint density at radius 3 is 2.29 bits per heavy atom. The average Bonchev–Trinajstić information content (AvgIpc) is 3.00. The molecule has 2 aromatic heterocycles. The number of ether oxygens (including phenoxy) is 1. The van der Waals surface area contributed by atoms with Crippen molar-refractivity contribution in [2.45, 2.75) is 41.0 Å². The first-order valence-corrected chi connectivity index (χ1v) is 13.5. The van der Waals surface area contributed by atoms with Crippen LogP contribution in [0.2, 0.25) is 0 Å². The summed E-state index contributed by atoms with van der Waals surface area (Å²) in [5.41, 5.74) is 6.86. The predicted molar refractivity (Wildman–Crippen MR) is 166 cm³/mol. The number of hydrogen-bond acceptors (Lipinski definition) is 7. The molecule has 0 atom stereocenters. The van der Waals surface area contributed by atoms with E-state index in [2.05, 4.69) is 58.3 Å². The van der Waals surface area contributed by atoms with E-state index in [0.717, 1.165) is 28.8 Å². The smallest absolute Gasteiger partial charge is 0.254 e. The fourth-order valence-corrected chi connectivity index (χ4v) is 3.81. The lowest BCUT2D eigenvalue weighted by Crippen LogP contribution is -2.26. The molecule has 0 bridgehead atoms. The largest absolute Gasteiger partial charge is 0.493 e. The Hall–Kier alpha value is -4.79. The number of nitrogens with zero attached hydrogens (tertiary/aromatic N) is 3. The highest BCUT2D eigenvalue weighted by atomic mass is 16.5. The van der Waals surface area contributed by atoms with Crippen molar-refractivity contribution in [2.75, 3.05) is 25.1 Å². The van der Waals surface area contributed by atoms with Crippen LogP contribution < -0.4 is 20.7 Å². The number of carbonyl (C=O) groups excluding carboxylic acids is 3. The van der Waals surface area contributed by atoms with Crippen LogP contribution >= 0.6 is 0 Å². The highest BCUT2D eigenvalue weighted by molar-refractivity contribution is 5.99. The van der Waals surface area contributed by atoms with Gasteiger partial charge in [-0.1, -0.05) is 49.7 Å². The van der Waals surface area contributed by atoms with Crippen molar-refractivity contribution in [3.05, 3.63) is 89.7 Å². The summed E-state index contributed by atoms with van der Waals surface area (Å²) in [7, 11) is 1.63. The third-order valence-corrected chi connectivity index (χ3v) is 5.52. The lowest BCUT2D eigenvalue weighted by Gasteiger charge is -2.23. The van der Waals surface area contributed by atoms with Crippen LogP contribution in [0, 0.1) is 6.92 Å². The van der Waals surface area contributed by atoms with Crippen LogP contribution in [0.5, 0.6) is 5.75 Å². The van der Waals surface area contributed by atoms with Gasteiger partial charge in [-0.05, 0) is 67.4 Å². The van der Waals surface area contributed by atoms with Crippen molar-refractivity contribution in [3.8, 4) is 5.75 Å². The number of benzene rings is 2. The number of fused-ring (bicyclic) bond motifs is 1. The summed E-state index contributed by atoms with van der Waals surface area (Å²) in [6, 6.07) is 20.1. The van der Waals surface area contributed by atoms with Gasteiger partial charge in [0.2, 0.25) is 6.41 Å². The molecule has 4 rings (SSSR count). The minimum atomic E-state index is -0.181. The van der Waals surface area contributed by atoms with E-state index < -0.39 is 0 Å². The molecule has 4 aromatic rings. The molecule has 9 nitrogen and oxygen atoms in total. The molecule has 3 N–H and O–H groups in total. The van der Waals surface area contributed by atoms with Crippen LogP contribution in [0.4, 0.5) is 11.6 Å². The molecule has 0 saturated heterocycles. The van der Waals surface area contributed by atoms with Crippen LogP contribution in [0.1, 0.15) is 49.2 Å². The van der Waals surface area contributed by atoms with Gasteiger partial charge in [0, 0.05) is 32.4 Å². The van der Waals surface area contributed by atoms with E-state index in [-0.39, 0.29) is 12.3 Å². The molecule has 0 unspecified atom stereocenters. The molecular formula is C32H41N5O4. The third kappa shape index (κ3) is 10.7. The standard InChI is InChI=1S/C27H28N4O2.C2H4O.C2H6.CH3NO/c1-4-31(25-7-5-6-13-29-25)26-24(27(32)28-3)16-20(18-30-26)12-14-33-23-11-10-21-15-19(2)8-9-22(21)17-23;1-2-3;1-2;2-1-3/h5-11,13,15-18H,4,12,14H2,1-3H3,(H,28,32);2H,1H3;1-2H3;1H,(H2,2,3). The van der Waals surface area contributed by atoms with Crippen molar-refractivity contribution < 1.29 is 19.1 Å². The number of anilines is 2. The number of pyridine rings is 2. The van der Waals surface area contributed by atoms with Gasteiger partial charge in [-0.25, -0.2) is 9.97 Å². The monoisotopic (exact) mass is 559 g/mol. The first-order valence-electron chi connectivity index (χ1n) is 13.5. The van der Waals surface area contributed by atoms with Gasteiger partial charge in [-0.15, -0.1) is 0 Å². The Bertz CT molecular complexity index is 1360. The van der Waals surface area contributed by atoms with Crippen molar-refractivity contribution in [3.63, 3.8) is 0 Å². The van der Waals surface area contributed by atoms with E-state index in [0.29, 0.717) is 31.0 Å². The van der Waals surface area contributed by atoms with Gasteiger partial charge in [0.15, 0.2) is 0 Å². The zero-order valence-electron chi connectivity index (χ0n) is 24.8. The van der Waals surface area contributed by atoms with E-state index >= 15 is 0 Å². The van der Waals surface area contributed by atoms with E-state index in [1.54, 1.807) is 19.4 Å². The van der Waals surface area contributed by atoms with Crippen LogP contribution in [-0.4, -0.2) is 48.8 Å². The molecule has 9 heteroatoms. The quantitative estimate of drug-likeness (QED) is 0.276. The summed E-state index contributed by atoms with van der Waals surface area (Å²) in [5, 5.41) is 5.08. The summed E-state index contributed by atoms with van der Waals surface area (Å²) in [6.07, 6.45) is 5.18. The maximum Gasteiger partial charge on any atom is 0.254 e. The molecule has 0 radical (unpaired) electrons. The molecule has 2 aromatic carbocycles. The molecule has 0 spiro atoms. The molecule has 0 aliphatic rings. The number of primary amides is 1. The number of nitrogens with one attached hydrogen (secondary N) is 1. The molecule has 0 aliphatic heterocycles. The minimum Gasteiger partial charge on any atom is -0.493 e. The van der Waals surface area contributed by atoms with Gasteiger partial charge < -0.3 is 25.5 Å². The normalized spacial score (nSPS) is 9.41. The third-order valence-electron chi connectivity index (χ3n) is 5.52. The van der Waals surface area contributed by atoms with E-state index in [9.17, 15) is 4.79 Å². The Labute approximate surface area is 242 Å². The van der Waals surface area contributed by atoms with Gasteiger partial charge in [0.1, 0.15) is 23.7 Å². The molecule has 0 aliphatic carbocycles. The van der Waals surface area contributed by atoms with Gasteiger partial charge in [0.05, 0.1) is 12.2 Å². The first-order chi connectivity index (χ1) is 19.9. The maximum absolute atomic E-state index is 12.7. The van der Waals surface area contributed by atoms with Gasteiger partial charge in [-0.2, -0.15) is 0 Å². The Kier molecular flexibility index (Phi) is 16.1. The SMILES string of the molecule is CC.CC=O.CCN(c1ccccn1)c1ncc(CCOc2ccc3cc(C)ccc3c2)cc1C(=O)NC.NC=O. The number of hydrogen-bond donors (Lipinski definition) is 2. The zero-order chi connectivity index (χ0) is 30.6. The molecular weight excluding hydrogens is 518 g/mol. The lowest BCUT2D eigenvalue weighted by atomic mass is 10.1. The maximum atomic E-state index is 12.7. The van der Waals surface area contributed by atoms with Crippen molar-refractivity contribution >= 4 is 41.0 Å². The van der Waals surface area contributed by atoms with Crippen molar-refractivity contribution in [1.82, 2.24) is 15.3 Å². The van der Waals surface area contributed by atoms with Gasteiger partial charge in [0.25, 0.3) is 5.91 Å². The second kappa shape index (κ2) is 19.3. The molecule has 2 heterocycles. The number of nitrogens with two attached hydrogens (primary N) is 1. The second-order valence-corrected chi connectivity index (χ2v) is 8.21. The van der Waals surface area contributed by atoms with E-state index in [1.807, 2.05) is 56.0 Å². The summed E-state index contributed by atoms with van der Waals surface area (Å²) < 4.78 is 5.99. The number of aryl methyl sites for hydroxylation is 1. The van der Waals surface area contributed by atoms with E-state index in [4.69, 9.17) is 14.3 Å². The Morgan fingerprint density at radius 2 is 1.68 bits per heavy atom. The van der Waals surface area contributed by atoms with Gasteiger partial charge in [-0.3, -0.25) is 9.59 Å². The Morgan fingerprint density at radius 1 is 1.02 bits per heavy atom.